The number of hydrogen-bond acceptors (Lipinski definition) is 2. The maximum Gasteiger partial charge on any atom is 0.134 e. The van der Waals surface area contributed by atoms with Crippen molar-refractivity contribution in [1.29, 1.82) is 0 Å². The molecular formula is C18H24ClNO. The third-order valence-electron chi connectivity index (χ3n) is 4.54. The van der Waals surface area contributed by atoms with Gasteiger partial charge in [-0.25, -0.2) is 0 Å². The molecule has 1 atom stereocenters. The smallest absolute Gasteiger partial charge is 0.134 e. The van der Waals surface area contributed by atoms with Gasteiger partial charge in [-0.2, -0.15) is 0 Å². The zero-order valence-electron chi connectivity index (χ0n) is 12.7. The summed E-state index contributed by atoms with van der Waals surface area (Å²) in [5, 5.41) is 5.58. The van der Waals surface area contributed by atoms with Crippen LogP contribution >= 0.6 is 11.6 Å². The minimum Gasteiger partial charge on any atom is -0.459 e. The van der Waals surface area contributed by atoms with Gasteiger partial charge >= 0.3 is 0 Å². The van der Waals surface area contributed by atoms with E-state index in [2.05, 4.69) is 18.3 Å². The standard InChI is InChI=1S/C18H24ClNO/c1-2-10-20-18(13-6-4-3-5-7-13)17-12-14-11-15(19)8-9-16(14)21-17/h8-9,11-13,18,20H,2-7,10H2,1H3. The van der Waals surface area contributed by atoms with Crippen LogP contribution in [0, 0.1) is 5.92 Å². The maximum absolute atomic E-state index is 6.11. The van der Waals surface area contributed by atoms with Crippen LogP contribution in [-0.2, 0) is 0 Å². The molecule has 1 aliphatic rings. The number of furan rings is 1. The van der Waals surface area contributed by atoms with Crippen LogP contribution in [0.4, 0.5) is 0 Å². The lowest BCUT2D eigenvalue weighted by molar-refractivity contribution is 0.247. The van der Waals surface area contributed by atoms with E-state index in [0.717, 1.165) is 34.7 Å². The zero-order valence-corrected chi connectivity index (χ0v) is 13.5. The molecule has 21 heavy (non-hydrogen) atoms. The van der Waals surface area contributed by atoms with Crippen LogP contribution in [0.1, 0.15) is 57.3 Å². The van der Waals surface area contributed by atoms with Crippen molar-refractivity contribution >= 4 is 22.6 Å². The first-order chi connectivity index (χ1) is 10.3. The molecule has 1 fully saturated rings. The van der Waals surface area contributed by atoms with Gasteiger partial charge in [0, 0.05) is 10.4 Å². The Morgan fingerprint density at radius 2 is 2.05 bits per heavy atom. The lowest BCUT2D eigenvalue weighted by atomic mass is 9.83. The fourth-order valence-electron chi connectivity index (χ4n) is 3.45. The van der Waals surface area contributed by atoms with Gasteiger partial charge in [-0.1, -0.05) is 37.8 Å². The fourth-order valence-corrected chi connectivity index (χ4v) is 3.64. The summed E-state index contributed by atoms with van der Waals surface area (Å²) < 4.78 is 6.11. The van der Waals surface area contributed by atoms with Crippen LogP contribution in [0.2, 0.25) is 5.02 Å². The number of nitrogens with one attached hydrogen (secondary N) is 1. The lowest BCUT2D eigenvalue weighted by Crippen LogP contribution is -2.30. The molecule has 0 aliphatic heterocycles. The van der Waals surface area contributed by atoms with E-state index in [1.807, 2.05) is 18.2 Å². The van der Waals surface area contributed by atoms with Crippen LogP contribution in [-0.4, -0.2) is 6.54 Å². The van der Waals surface area contributed by atoms with Crippen LogP contribution < -0.4 is 5.32 Å². The predicted molar refractivity (Wildman–Crippen MR) is 88.8 cm³/mol. The normalized spacial score (nSPS) is 18.2. The molecule has 0 amide bonds. The van der Waals surface area contributed by atoms with Crippen LogP contribution in [0.3, 0.4) is 0 Å². The molecule has 3 rings (SSSR count). The number of hydrogen-bond donors (Lipinski definition) is 1. The summed E-state index contributed by atoms with van der Waals surface area (Å²) in [4.78, 5) is 0. The second-order valence-electron chi connectivity index (χ2n) is 6.16. The molecular weight excluding hydrogens is 282 g/mol. The highest BCUT2D eigenvalue weighted by atomic mass is 35.5. The first kappa shape index (κ1) is 14.9. The molecule has 0 spiro atoms. The molecule has 114 valence electrons. The van der Waals surface area contributed by atoms with Crippen molar-refractivity contribution in [3.8, 4) is 0 Å². The van der Waals surface area contributed by atoms with Crippen molar-refractivity contribution in [2.45, 2.75) is 51.5 Å². The van der Waals surface area contributed by atoms with Gasteiger partial charge in [0.05, 0.1) is 6.04 Å². The third kappa shape index (κ3) is 3.44. The summed E-state index contributed by atoms with van der Waals surface area (Å²) >= 11 is 6.08. The Bertz CT molecular complexity index is 586. The van der Waals surface area contributed by atoms with E-state index in [1.54, 1.807) is 0 Å². The first-order valence-electron chi connectivity index (χ1n) is 8.20. The quantitative estimate of drug-likeness (QED) is 0.765. The van der Waals surface area contributed by atoms with E-state index in [1.165, 1.54) is 32.1 Å². The van der Waals surface area contributed by atoms with E-state index >= 15 is 0 Å². The van der Waals surface area contributed by atoms with Gasteiger partial charge in [0.2, 0.25) is 0 Å². The van der Waals surface area contributed by atoms with Gasteiger partial charge in [-0.3, -0.25) is 0 Å². The molecule has 0 bridgehead atoms. The monoisotopic (exact) mass is 305 g/mol. The number of rotatable bonds is 5. The summed E-state index contributed by atoms with van der Waals surface area (Å²) in [6.07, 6.45) is 7.84. The molecule has 0 radical (unpaired) electrons. The summed E-state index contributed by atoms with van der Waals surface area (Å²) in [5.41, 5.74) is 0.938. The SMILES string of the molecule is CCCNC(c1cc2cc(Cl)ccc2o1)C1CCCCC1. The Labute approximate surface area is 131 Å². The largest absolute Gasteiger partial charge is 0.459 e. The van der Waals surface area contributed by atoms with Crippen LogP contribution in [0.15, 0.2) is 28.7 Å². The molecule has 1 aromatic carbocycles. The second kappa shape index (κ2) is 6.85. The molecule has 1 heterocycles. The van der Waals surface area contributed by atoms with Gasteiger partial charge in [0.25, 0.3) is 0 Å². The van der Waals surface area contributed by atoms with Gasteiger partial charge in [0.1, 0.15) is 11.3 Å². The molecule has 0 saturated heterocycles. The highest BCUT2D eigenvalue weighted by molar-refractivity contribution is 6.31. The van der Waals surface area contributed by atoms with E-state index in [0.29, 0.717) is 12.0 Å². The molecule has 1 aromatic heterocycles. The van der Waals surface area contributed by atoms with E-state index in [4.69, 9.17) is 16.0 Å². The Kier molecular flexibility index (Phi) is 4.87. The fraction of sp³-hybridized carbons (Fsp3) is 0.556. The van der Waals surface area contributed by atoms with Crippen molar-refractivity contribution < 1.29 is 4.42 Å². The molecule has 1 aliphatic carbocycles. The predicted octanol–water partition coefficient (Wildman–Crippen LogP) is 5.71. The molecule has 1 unspecified atom stereocenters. The van der Waals surface area contributed by atoms with E-state index < -0.39 is 0 Å². The van der Waals surface area contributed by atoms with Crippen molar-refractivity contribution in [1.82, 2.24) is 5.32 Å². The van der Waals surface area contributed by atoms with Gasteiger partial charge in [-0.15, -0.1) is 0 Å². The summed E-state index contributed by atoms with van der Waals surface area (Å²) in [7, 11) is 0. The molecule has 1 saturated carbocycles. The summed E-state index contributed by atoms with van der Waals surface area (Å²) in [5.74, 6) is 1.77. The lowest BCUT2D eigenvalue weighted by Gasteiger charge is -2.29. The molecule has 2 nitrogen and oxygen atoms in total. The van der Waals surface area contributed by atoms with E-state index in [9.17, 15) is 0 Å². The summed E-state index contributed by atoms with van der Waals surface area (Å²) in [6.45, 7) is 3.25. The molecule has 3 heteroatoms. The number of fused-ring (bicyclic) bond motifs is 1. The summed E-state index contributed by atoms with van der Waals surface area (Å²) in [6, 6.07) is 8.37. The Hall–Kier alpha value is -0.990. The third-order valence-corrected chi connectivity index (χ3v) is 4.77. The van der Waals surface area contributed by atoms with Gasteiger partial charge < -0.3 is 9.73 Å². The molecule has 2 aromatic rings. The Morgan fingerprint density at radius 1 is 1.24 bits per heavy atom. The number of benzene rings is 1. The minimum absolute atomic E-state index is 0.344. The molecule has 1 N–H and O–H groups in total. The van der Waals surface area contributed by atoms with Crippen molar-refractivity contribution in [3.63, 3.8) is 0 Å². The Balaban J connectivity index is 1.88. The minimum atomic E-state index is 0.344. The first-order valence-corrected chi connectivity index (χ1v) is 8.58. The van der Waals surface area contributed by atoms with Crippen LogP contribution in [0.5, 0.6) is 0 Å². The second-order valence-corrected chi connectivity index (χ2v) is 6.60. The highest BCUT2D eigenvalue weighted by Crippen LogP contribution is 2.37. The van der Waals surface area contributed by atoms with Crippen molar-refractivity contribution in [2.24, 2.45) is 5.92 Å². The topological polar surface area (TPSA) is 25.2 Å². The average molecular weight is 306 g/mol. The Morgan fingerprint density at radius 3 is 2.81 bits per heavy atom. The van der Waals surface area contributed by atoms with Gasteiger partial charge in [-0.05, 0) is 56.0 Å². The highest BCUT2D eigenvalue weighted by Gasteiger charge is 2.27. The van der Waals surface area contributed by atoms with E-state index in [-0.39, 0.29) is 0 Å². The van der Waals surface area contributed by atoms with Crippen molar-refractivity contribution in [3.05, 3.63) is 35.0 Å². The van der Waals surface area contributed by atoms with Crippen molar-refractivity contribution in [2.75, 3.05) is 6.54 Å². The maximum atomic E-state index is 6.11. The van der Waals surface area contributed by atoms with Crippen LogP contribution in [0.25, 0.3) is 11.0 Å². The number of halogens is 1. The average Bonchev–Trinajstić information content (AvgIpc) is 2.91. The van der Waals surface area contributed by atoms with Gasteiger partial charge in [0.15, 0.2) is 0 Å². The zero-order chi connectivity index (χ0) is 14.7.